The molecule has 2 heterocycles. The maximum Gasteiger partial charge on any atom is 0.256 e. The molecule has 20 heavy (non-hydrogen) atoms. The lowest BCUT2D eigenvalue weighted by molar-refractivity contribution is 0.0715. The maximum atomic E-state index is 13.3. The number of aromatic nitrogens is 1. The van der Waals surface area contributed by atoms with Crippen LogP contribution in [0.5, 0.6) is 0 Å². The molecule has 1 amide bonds. The van der Waals surface area contributed by atoms with E-state index in [9.17, 15) is 9.18 Å². The normalized spacial score (nSPS) is 15.3. The van der Waals surface area contributed by atoms with Crippen LogP contribution in [-0.2, 0) is 6.54 Å². The number of nitrogens with zero attached hydrogens (tertiary/aromatic N) is 2. The van der Waals surface area contributed by atoms with Gasteiger partial charge in [0.1, 0.15) is 5.82 Å². The highest BCUT2D eigenvalue weighted by molar-refractivity contribution is 9.10. The molecule has 1 aliphatic rings. The average molecular weight is 335 g/mol. The number of rotatable bonds is 2. The molecule has 3 nitrogen and oxygen atoms in total. The molecule has 0 radical (unpaired) electrons. The molecule has 0 aliphatic carbocycles. The molecule has 1 aliphatic heterocycles. The number of pyridine rings is 1. The molecule has 1 aromatic carbocycles. The fourth-order valence-electron chi connectivity index (χ4n) is 2.43. The first-order valence-electron chi connectivity index (χ1n) is 6.27. The molecule has 1 unspecified atom stereocenters. The SMILES string of the molecule is CC(c1cccc(F)c1)N1Cc2ncc(Br)cc2C1=O. The van der Waals surface area contributed by atoms with Gasteiger partial charge in [0.25, 0.3) is 5.91 Å². The van der Waals surface area contributed by atoms with Crippen molar-refractivity contribution >= 4 is 21.8 Å². The van der Waals surface area contributed by atoms with Gasteiger partial charge < -0.3 is 4.90 Å². The third-order valence-electron chi connectivity index (χ3n) is 3.55. The quantitative estimate of drug-likeness (QED) is 0.838. The Labute approximate surface area is 124 Å². The first kappa shape index (κ1) is 13.2. The number of amides is 1. The van der Waals surface area contributed by atoms with E-state index >= 15 is 0 Å². The van der Waals surface area contributed by atoms with Crippen LogP contribution in [0.25, 0.3) is 0 Å². The summed E-state index contributed by atoms with van der Waals surface area (Å²) in [4.78, 5) is 18.4. The molecule has 3 rings (SSSR count). The standard InChI is InChI=1S/C15H12BrFN2O/c1-9(10-3-2-4-12(17)5-10)19-8-14-13(15(19)20)6-11(16)7-18-14/h2-7,9H,8H2,1H3. The minimum Gasteiger partial charge on any atom is -0.326 e. The first-order chi connectivity index (χ1) is 9.56. The molecule has 0 spiro atoms. The van der Waals surface area contributed by atoms with Crippen LogP contribution in [0.3, 0.4) is 0 Å². The van der Waals surface area contributed by atoms with Gasteiger partial charge in [-0.2, -0.15) is 0 Å². The van der Waals surface area contributed by atoms with Crippen molar-refractivity contribution in [1.82, 2.24) is 9.88 Å². The fourth-order valence-corrected chi connectivity index (χ4v) is 2.76. The van der Waals surface area contributed by atoms with E-state index in [0.717, 1.165) is 15.7 Å². The van der Waals surface area contributed by atoms with Gasteiger partial charge in [0.2, 0.25) is 0 Å². The molecule has 1 atom stereocenters. The summed E-state index contributed by atoms with van der Waals surface area (Å²) in [6.07, 6.45) is 1.68. The van der Waals surface area contributed by atoms with Crippen LogP contribution in [0.15, 0.2) is 41.0 Å². The van der Waals surface area contributed by atoms with Gasteiger partial charge in [0, 0.05) is 10.7 Å². The van der Waals surface area contributed by atoms with E-state index in [1.165, 1.54) is 12.1 Å². The lowest BCUT2D eigenvalue weighted by Crippen LogP contribution is -2.27. The van der Waals surface area contributed by atoms with E-state index in [0.29, 0.717) is 12.1 Å². The van der Waals surface area contributed by atoms with E-state index in [-0.39, 0.29) is 17.8 Å². The lowest BCUT2D eigenvalue weighted by Gasteiger charge is -2.24. The summed E-state index contributed by atoms with van der Waals surface area (Å²) < 4.78 is 14.1. The van der Waals surface area contributed by atoms with E-state index in [1.54, 1.807) is 23.2 Å². The molecule has 5 heteroatoms. The van der Waals surface area contributed by atoms with Crippen molar-refractivity contribution in [3.05, 3.63) is 63.6 Å². The van der Waals surface area contributed by atoms with Gasteiger partial charge in [0.15, 0.2) is 0 Å². The van der Waals surface area contributed by atoms with Gasteiger partial charge in [-0.3, -0.25) is 9.78 Å². The molecule has 0 bridgehead atoms. The topological polar surface area (TPSA) is 33.2 Å². The molecule has 102 valence electrons. The second-order valence-corrected chi connectivity index (χ2v) is 5.73. The van der Waals surface area contributed by atoms with Gasteiger partial charge in [0.05, 0.1) is 23.8 Å². The lowest BCUT2D eigenvalue weighted by atomic mass is 10.1. The minimum atomic E-state index is -0.292. The fraction of sp³-hybridized carbons (Fsp3) is 0.200. The highest BCUT2D eigenvalue weighted by Crippen LogP contribution is 2.31. The maximum absolute atomic E-state index is 13.3. The predicted molar refractivity (Wildman–Crippen MR) is 76.6 cm³/mol. The number of halogens is 2. The van der Waals surface area contributed by atoms with Crippen LogP contribution in [-0.4, -0.2) is 15.8 Å². The van der Waals surface area contributed by atoms with Crippen molar-refractivity contribution in [2.24, 2.45) is 0 Å². The summed E-state index contributed by atoms with van der Waals surface area (Å²) in [5.41, 5.74) is 2.16. The van der Waals surface area contributed by atoms with Gasteiger partial charge in [-0.25, -0.2) is 4.39 Å². The van der Waals surface area contributed by atoms with E-state index in [1.807, 2.05) is 13.0 Å². The van der Waals surface area contributed by atoms with Gasteiger partial charge in [-0.05, 0) is 46.6 Å². The predicted octanol–water partition coefficient (Wildman–Crippen LogP) is 3.70. The minimum absolute atomic E-state index is 0.0643. The average Bonchev–Trinajstić information content (AvgIpc) is 2.75. The summed E-state index contributed by atoms with van der Waals surface area (Å²) in [6, 6.07) is 7.94. The second kappa shape index (κ2) is 4.98. The zero-order valence-corrected chi connectivity index (χ0v) is 12.4. The number of carbonyl (C=O) groups is 1. The summed E-state index contributed by atoms with van der Waals surface area (Å²) in [7, 11) is 0. The zero-order valence-electron chi connectivity index (χ0n) is 10.8. The summed E-state index contributed by atoms with van der Waals surface area (Å²) in [5, 5.41) is 0. The Morgan fingerprint density at radius 2 is 2.20 bits per heavy atom. The third kappa shape index (κ3) is 2.22. The third-order valence-corrected chi connectivity index (χ3v) is 3.98. The number of hydrogen-bond donors (Lipinski definition) is 0. The van der Waals surface area contributed by atoms with Crippen molar-refractivity contribution in [2.75, 3.05) is 0 Å². The molecular formula is C15H12BrFN2O. The summed E-state index contributed by atoms with van der Waals surface area (Å²) in [6.45, 7) is 2.35. The smallest absolute Gasteiger partial charge is 0.256 e. The van der Waals surface area contributed by atoms with Crippen LogP contribution >= 0.6 is 15.9 Å². The highest BCUT2D eigenvalue weighted by atomic mass is 79.9. The Hall–Kier alpha value is -1.75. The van der Waals surface area contributed by atoms with E-state index in [2.05, 4.69) is 20.9 Å². The Bertz CT molecular complexity index is 689. The summed E-state index contributed by atoms with van der Waals surface area (Å²) in [5.74, 6) is -0.357. The monoisotopic (exact) mass is 334 g/mol. The Kier molecular flexibility index (Phi) is 3.30. The zero-order chi connectivity index (χ0) is 14.3. The molecule has 0 N–H and O–H groups in total. The molecule has 0 fully saturated rings. The Morgan fingerprint density at radius 1 is 1.40 bits per heavy atom. The second-order valence-electron chi connectivity index (χ2n) is 4.81. The van der Waals surface area contributed by atoms with Gasteiger partial charge in [-0.15, -0.1) is 0 Å². The van der Waals surface area contributed by atoms with Crippen molar-refractivity contribution in [3.8, 4) is 0 Å². The van der Waals surface area contributed by atoms with Crippen molar-refractivity contribution < 1.29 is 9.18 Å². The molecule has 1 aromatic heterocycles. The molecular weight excluding hydrogens is 323 g/mol. The van der Waals surface area contributed by atoms with Crippen LogP contribution in [0.2, 0.25) is 0 Å². The van der Waals surface area contributed by atoms with Crippen molar-refractivity contribution in [2.45, 2.75) is 19.5 Å². The molecule has 0 saturated carbocycles. The van der Waals surface area contributed by atoms with Crippen LogP contribution in [0.4, 0.5) is 4.39 Å². The number of carbonyl (C=O) groups excluding carboxylic acids is 1. The van der Waals surface area contributed by atoms with Crippen LogP contribution < -0.4 is 0 Å². The van der Waals surface area contributed by atoms with Crippen LogP contribution in [0.1, 0.15) is 34.6 Å². The van der Waals surface area contributed by atoms with E-state index in [4.69, 9.17) is 0 Å². The van der Waals surface area contributed by atoms with Crippen LogP contribution in [0, 0.1) is 5.82 Å². The Morgan fingerprint density at radius 3 is 2.95 bits per heavy atom. The van der Waals surface area contributed by atoms with Gasteiger partial charge in [-0.1, -0.05) is 12.1 Å². The Balaban J connectivity index is 1.92. The first-order valence-corrected chi connectivity index (χ1v) is 7.06. The highest BCUT2D eigenvalue weighted by Gasteiger charge is 2.32. The van der Waals surface area contributed by atoms with E-state index < -0.39 is 0 Å². The number of benzene rings is 1. The molecule has 2 aromatic rings. The van der Waals surface area contributed by atoms with Crippen molar-refractivity contribution in [3.63, 3.8) is 0 Å². The summed E-state index contributed by atoms with van der Waals surface area (Å²) >= 11 is 3.32. The number of fused-ring (bicyclic) bond motifs is 1. The van der Waals surface area contributed by atoms with Crippen molar-refractivity contribution in [1.29, 1.82) is 0 Å². The van der Waals surface area contributed by atoms with Gasteiger partial charge >= 0.3 is 0 Å². The number of hydrogen-bond acceptors (Lipinski definition) is 2. The largest absolute Gasteiger partial charge is 0.326 e. The molecule has 0 saturated heterocycles.